The van der Waals surface area contributed by atoms with Crippen LogP contribution >= 0.6 is 0 Å². The minimum absolute atomic E-state index is 0.0529. The number of likely N-dealkylation sites (N-methyl/N-ethyl adjacent to an activating group) is 1. The molecule has 1 aliphatic rings. The fraction of sp³-hybridized carbons (Fsp3) is 0.786. The minimum Gasteiger partial charge on any atom is -0.302 e. The van der Waals surface area contributed by atoms with Gasteiger partial charge >= 0.3 is 0 Å². The van der Waals surface area contributed by atoms with E-state index in [1.165, 1.54) is 0 Å². The lowest BCUT2D eigenvalue weighted by Gasteiger charge is -2.36. The van der Waals surface area contributed by atoms with Gasteiger partial charge in [0.15, 0.2) is 5.03 Å². The third-order valence-electron chi connectivity index (χ3n) is 4.46. The summed E-state index contributed by atoms with van der Waals surface area (Å²) in [6, 6.07) is 1.56. The van der Waals surface area contributed by atoms with Crippen molar-refractivity contribution in [2.24, 2.45) is 0 Å². The lowest BCUT2D eigenvalue weighted by molar-refractivity contribution is 0.161. The Labute approximate surface area is 127 Å². The summed E-state index contributed by atoms with van der Waals surface area (Å²) in [6.07, 6.45) is 6.79. The maximum absolute atomic E-state index is 12.5. The van der Waals surface area contributed by atoms with Crippen LogP contribution in [-0.4, -0.2) is 49.3 Å². The van der Waals surface area contributed by atoms with Crippen LogP contribution in [0.4, 0.5) is 0 Å². The van der Waals surface area contributed by atoms with E-state index in [1.807, 2.05) is 21.0 Å². The maximum Gasteiger partial charge on any atom is 0.257 e. The largest absolute Gasteiger partial charge is 0.302 e. The van der Waals surface area contributed by atoms with Crippen LogP contribution in [0.15, 0.2) is 17.3 Å². The first-order valence-electron chi connectivity index (χ1n) is 7.60. The first-order chi connectivity index (χ1) is 9.91. The summed E-state index contributed by atoms with van der Waals surface area (Å²) < 4.78 is 29.4. The summed E-state index contributed by atoms with van der Waals surface area (Å²) in [5.74, 6) is 0. The molecule has 1 N–H and O–H groups in total. The third-order valence-corrected chi connectivity index (χ3v) is 5.88. The number of aromatic nitrogens is 2. The molecule has 0 amide bonds. The van der Waals surface area contributed by atoms with Crippen molar-refractivity contribution >= 4 is 10.0 Å². The lowest BCUT2D eigenvalue weighted by atomic mass is 9.97. The standard InChI is InChI=1S/C14H26N4O2S/c1-4-11-18-13(7-10-15-18)21(19,20)16-12-14(17(2)3)8-5-6-9-14/h7,10,16H,4-6,8-9,11-12H2,1-3H3. The van der Waals surface area contributed by atoms with Gasteiger partial charge in [-0.1, -0.05) is 19.8 Å². The molecule has 0 spiro atoms. The van der Waals surface area contributed by atoms with Crippen LogP contribution in [0.5, 0.6) is 0 Å². The van der Waals surface area contributed by atoms with Crippen LogP contribution in [0.2, 0.25) is 0 Å². The molecule has 0 unspecified atom stereocenters. The molecule has 7 heteroatoms. The lowest BCUT2D eigenvalue weighted by Crippen LogP contribution is -2.50. The van der Waals surface area contributed by atoms with Crippen molar-refractivity contribution in [2.75, 3.05) is 20.6 Å². The molecule has 0 radical (unpaired) electrons. The Bertz CT molecular complexity index is 559. The van der Waals surface area contributed by atoms with Crippen LogP contribution in [0.25, 0.3) is 0 Å². The fourth-order valence-corrected chi connectivity index (χ4v) is 4.31. The monoisotopic (exact) mass is 314 g/mol. The summed E-state index contributed by atoms with van der Waals surface area (Å²) in [5.41, 5.74) is -0.0529. The van der Waals surface area contributed by atoms with Gasteiger partial charge in [-0.25, -0.2) is 13.1 Å². The van der Waals surface area contributed by atoms with E-state index in [0.717, 1.165) is 32.1 Å². The van der Waals surface area contributed by atoms with Gasteiger partial charge in [0.25, 0.3) is 10.0 Å². The van der Waals surface area contributed by atoms with E-state index in [1.54, 1.807) is 16.9 Å². The van der Waals surface area contributed by atoms with Crippen molar-refractivity contribution in [1.29, 1.82) is 0 Å². The highest BCUT2D eigenvalue weighted by molar-refractivity contribution is 7.89. The molecular formula is C14H26N4O2S. The molecule has 0 bridgehead atoms. The van der Waals surface area contributed by atoms with E-state index in [4.69, 9.17) is 0 Å². The highest BCUT2D eigenvalue weighted by Gasteiger charge is 2.37. The van der Waals surface area contributed by atoms with Crippen molar-refractivity contribution in [1.82, 2.24) is 19.4 Å². The first-order valence-corrected chi connectivity index (χ1v) is 9.08. The van der Waals surface area contributed by atoms with Gasteiger partial charge in [0, 0.05) is 18.6 Å². The molecular weight excluding hydrogens is 288 g/mol. The van der Waals surface area contributed by atoms with Crippen molar-refractivity contribution in [2.45, 2.75) is 56.1 Å². The molecule has 21 heavy (non-hydrogen) atoms. The Morgan fingerprint density at radius 2 is 2.05 bits per heavy atom. The quantitative estimate of drug-likeness (QED) is 0.827. The summed E-state index contributed by atoms with van der Waals surface area (Å²) >= 11 is 0. The van der Waals surface area contributed by atoms with E-state index in [0.29, 0.717) is 13.1 Å². The van der Waals surface area contributed by atoms with Gasteiger partial charge in [-0.15, -0.1) is 0 Å². The zero-order valence-electron chi connectivity index (χ0n) is 13.2. The molecule has 1 heterocycles. The van der Waals surface area contributed by atoms with Gasteiger partial charge < -0.3 is 4.90 Å². The molecule has 1 fully saturated rings. The van der Waals surface area contributed by atoms with E-state index in [9.17, 15) is 8.42 Å². The second kappa shape index (κ2) is 6.46. The molecule has 0 aliphatic heterocycles. The van der Waals surface area contributed by atoms with Crippen LogP contribution in [0.3, 0.4) is 0 Å². The number of aryl methyl sites for hydroxylation is 1. The molecule has 1 saturated carbocycles. The predicted molar refractivity (Wildman–Crippen MR) is 82.6 cm³/mol. The average molecular weight is 314 g/mol. The van der Waals surface area contributed by atoms with E-state index >= 15 is 0 Å². The van der Waals surface area contributed by atoms with Crippen molar-refractivity contribution < 1.29 is 8.42 Å². The molecule has 120 valence electrons. The highest BCUT2D eigenvalue weighted by atomic mass is 32.2. The van der Waals surface area contributed by atoms with Crippen LogP contribution < -0.4 is 4.72 Å². The Balaban J connectivity index is 2.12. The first kappa shape index (κ1) is 16.5. The van der Waals surface area contributed by atoms with Gasteiger partial charge in [-0.3, -0.25) is 4.68 Å². The second-order valence-corrected chi connectivity index (χ2v) is 7.76. The molecule has 1 aromatic heterocycles. The Morgan fingerprint density at radius 3 is 2.62 bits per heavy atom. The zero-order chi connectivity index (χ0) is 15.5. The predicted octanol–water partition coefficient (Wildman–Crippen LogP) is 1.45. The SMILES string of the molecule is CCCn1nccc1S(=O)(=O)NCC1(N(C)C)CCCC1. The molecule has 1 aliphatic carbocycles. The summed E-state index contributed by atoms with van der Waals surface area (Å²) in [5, 5.41) is 4.35. The molecule has 0 saturated heterocycles. The van der Waals surface area contributed by atoms with Gasteiger partial charge in [0.1, 0.15) is 0 Å². The number of rotatable bonds is 7. The smallest absolute Gasteiger partial charge is 0.257 e. The Morgan fingerprint density at radius 1 is 1.38 bits per heavy atom. The maximum atomic E-state index is 12.5. The second-order valence-electron chi connectivity index (χ2n) is 6.04. The van der Waals surface area contributed by atoms with Gasteiger partial charge in [-0.05, 0) is 39.4 Å². The number of nitrogens with zero attached hydrogens (tertiary/aromatic N) is 3. The van der Waals surface area contributed by atoms with Crippen molar-refractivity contribution in [3.63, 3.8) is 0 Å². The normalized spacial score (nSPS) is 18.5. The summed E-state index contributed by atoms with van der Waals surface area (Å²) in [4.78, 5) is 2.16. The molecule has 2 rings (SSSR count). The number of hydrogen-bond donors (Lipinski definition) is 1. The topological polar surface area (TPSA) is 67.2 Å². The number of nitrogens with one attached hydrogen (secondary N) is 1. The highest BCUT2D eigenvalue weighted by Crippen LogP contribution is 2.33. The third kappa shape index (κ3) is 3.46. The van der Waals surface area contributed by atoms with Crippen molar-refractivity contribution in [3.05, 3.63) is 12.3 Å². The van der Waals surface area contributed by atoms with Crippen LogP contribution in [0, 0.1) is 0 Å². The Hall–Kier alpha value is -0.920. The van der Waals surface area contributed by atoms with Gasteiger partial charge in [0.2, 0.25) is 0 Å². The summed E-state index contributed by atoms with van der Waals surface area (Å²) in [7, 11) is 0.552. The molecule has 0 aromatic carbocycles. The number of sulfonamides is 1. The van der Waals surface area contributed by atoms with Crippen LogP contribution in [-0.2, 0) is 16.6 Å². The van der Waals surface area contributed by atoms with Gasteiger partial charge in [0.05, 0.1) is 6.20 Å². The zero-order valence-corrected chi connectivity index (χ0v) is 14.0. The molecule has 0 atom stereocenters. The van der Waals surface area contributed by atoms with E-state index in [2.05, 4.69) is 14.7 Å². The van der Waals surface area contributed by atoms with E-state index < -0.39 is 10.0 Å². The van der Waals surface area contributed by atoms with E-state index in [-0.39, 0.29) is 10.6 Å². The Kier molecular flexibility index (Phi) is 5.06. The fourth-order valence-electron chi connectivity index (χ4n) is 3.05. The van der Waals surface area contributed by atoms with Crippen LogP contribution in [0.1, 0.15) is 39.0 Å². The molecule has 1 aromatic rings. The van der Waals surface area contributed by atoms with Gasteiger partial charge in [-0.2, -0.15) is 5.10 Å². The summed E-state index contributed by atoms with van der Waals surface area (Å²) in [6.45, 7) is 3.08. The minimum atomic E-state index is -3.51. The van der Waals surface area contributed by atoms with Crippen molar-refractivity contribution in [3.8, 4) is 0 Å². The molecule has 6 nitrogen and oxygen atoms in total. The number of hydrogen-bond acceptors (Lipinski definition) is 4. The average Bonchev–Trinajstić information content (AvgIpc) is 3.06.